The van der Waals surface area contributed by atoms with Crippen LogP contribution < -0.4 is 9.47 Å². The summed E-state index contributed by atoms with van der Waals surface area (Å²) in [6, 6.07) is 3.94. The third-order valence-electron chi connectivity index (χ3n) is 4.47. The fraction of sp³-hybridized carbons (Fsp3) is 0.333. The maximum Gasteiger partial charge on any atom is 0.225 e. The molecule has 0 N–H and O–H groups in total. The van der Waals surface area contributed by atoms with Crippen LogP contribution in [0.1, 0.15) is 18.0 Å². The average Bonchev–Trinajstić information content (AvgIpc) is 3.31. The molecule has 2 unspecified atom stereocenters. The van der Waals surface area contributed by atoms with Crippen LogP contribution >= 0.6 is 11.6 Å². The van der Waals surface area contributed by atoms with Crippen molar-refractivity contribution in [2.75, 3.05) is 13.7 Å². The Bertz CT molecular complexity index is 912. The predicted molar refractivity (Wildman–Crippen MR) is 96.4 cm³/mol. The smallest absolute Gasteiger partial charge is 0.225 e. The Kier molecular flexibility index (Phi) is 4.46. The maximum absolute atomic E-state index is 5.98. The van der Waals surface area contributed by atoms with E-state index in [1.807, 2.05) is 25.4 Å². The van der Waals surface area contributed by atoms with E-state index in [1.54, 1.807) is 30.4 Å². The number of nitrogens with zero attached hydrogens (tertiary/aromatic N) is 5. The van der Waals surface area contributed by atoms with E-state index in [2.05, 4.69) is 20.1 Å². The van der Waals surface area contributed by atoms with Crippen molar-refractivity contribution in [3.63, 3.8) is 0 Å². The number of hydrogen-bond acceptors (Lipinski definition) is 6. The highest BCUT2D eigenvalue weighted by Crippen LogP contribution is 2.47. The third kappa shape index (κ3) is 3.48. The SMILES string of the molecule is COc1ccc(C2CC2COc2nc(Cl)ncc2-c2cnn(C)c2)nc1. The molecule has 0 spiro atoms. The molecule has 0 amide bonds. The zero-order valence-corrected chi connectivity index (χ0v) is 15.2. The molecule has 1 aliphatic carbocycles. The van der Waals surface area contributed by atoms with Gasteiger partial charge in [-0.05, 0) is 30.2 Å². The second kappa shape index (κ2) is 6.92. The van der Waals surface area contributed by atoms with Gasteiger partial charge >= 0.3 is 0 Å². The quantitative estimate of drug-likeness (QED) is 0.620. The predicted octanol–water partition coefficient (Wildman–Crippen LogP) is 3.12. The van der Waals surface area contributed by atoms with Crippen LogP contribution in [0.25, 0.3) is 11.1 Å². The third-order valence-corrected chi connectivity index (χ3v) is 4.65. The van der Waals surface area contributed by atoms with E-state index < -0.39 is 0 Å². The topological polar surface area (TPSA) is 75.0 Å². The second-order valence-corrected chi connectivity index (χ2v) is 6.63. The summed E-state index contributed by atoms with van der Waals surface area (Å²) in [6.07, 6.45) is 8.09. The summed E-state index contributed by atoms with van der Waals surface area (Å²) in [5.41, 5.74) is 2.73. The summed E-state index contributed by atoms with van der Waals surface area (Å²) in [7, 11) is 3.49. The molecule has 1 fully saturated rings. The van der Waals surface area contributed by atoms with Gasteiger partial charge in [-0.15, -0.1) is 0 Å². The zero-order valence-electron chi connectivity index (χ0n) is 14.5. The summed E-state index contributed by atoms with van der Waals surface area (Å²) < 4.78 is 12.8. The van der Waals surface area contributed by atoms with Crippen molar-refractivity contribution in [3.8, 4) is 22.8 Å². The molecule has 1 saturated carbocycles. The van der Waals surface area contributed by atoms with E-state index in [-0.39, 0.29) is 5.28 Å². The van der Waals surface area contributed by atoms with Gasteiger partial charge in [0.05, 0.1) is 31.7 Å². The molecule has 8 heteroatoms. The first-order valence-corrected chi connectivity index (χ1v) is 8.66. The number of halogens is 1. The van der Waals surface area contributed by atoms with Crippen molar-refractivity contribution >= 4 is 11.6 Å². The molecule has 3 heterocycles. The maximum atomic E-state index is 5.98. The summed E-state index contributed by atoms with van der Waals surface area (Å²) in [5.74, 6) is 2.05. The Morgan fingerprint density at radius 2 is 2.12 bits per heavy atom. The number of methoxy groups -OCH3 is 1. The van der Waals surface area contributed by atoms with E-state index in [0.29, 0.717) is 24.3 Å². The van der Waals surface area contributed by atoms with Gasteiger partial charge in [0.25, 0.3) is 0 Å². The van der Waals surface area contributed by atoms with Crippen LogP contribution in [-0.2, 0) is 7.05 Å². The van der Waals surface area contributed by atoms with Gasteiger partial charge in [-0.2, -0.15) is 10.1 Å². The zero-order chi connectivity index (χ0) is 18.1. The highest BCUT2D eigenvalue weighted by molar-refractivity contribution is 6.28. The van der Waals surface area contributed by atoms with Crippen LogP contribution in [0.3, 0.4) is 0 Å². The molecule has 26 heavy (non-hydrogen) atoms. The first-order chi connectivity index (χ1) is 12.6. The van der Waals surface area contributed by atoms with Crippen LogP contribution in [0.4, 0.5) is 0 Å². The lowest BCUT2D eigenvalue weighted by Crippen LogP contribution is -2.05. The lowest BCUT2D eigenvalue weighted by atomic mass is 10.2. The molecule has 0 saturated heterocycles. The van der Waals surface area contributed by atoms with Gasteiger partial charge in [0.2, 0.25) is 11.2 Å². The van der Waals surface area contributed by atoms with E-state index in [9.17, 15) is 0 Å². The number of ether oxygens (including phenoxy) is 2. The van der Waals surface area contributed by atoms with Crippen LogP contribution in [0.15, 0.2) is 36.9 Å². The summed E-state index contributed by atoms with van der Waals surface area (Å²) in [4.78, 5) is 12.8. The molecular formula is C18H18ClN5O2. The Morgan fingerprint density at radius 1 is 1.23 bits per heavy atom. The van der Waals surface area contributed by atoms with Crippen LogP contribution in [0.2, 0.25) is 5.28 Å². The van der Waals surface area contributed by atoms with Crippen molar-refractivity contribution in [2.24, 2.45) is 13.0 Å². The lowest BCUT2D eigenvalue weighted by Gasteiger charge is -2.09. The minimum absolute atomic E-state index is 0.164. The molecule has 0 aliphatic heterocycles. The van der Waals surface area contributed by atoms with Gasteiger partial charge in [-0.3, -0.25) is 9.67 Å². The van der Waals surface area contributed by atoms with Gasteiger partial charge in [0.15, 0.2) is 0 Å². The normalized spacial score (nSPS) is 18.6. The number of hydrogen-bond donors (Lipinski definition) is 0. The molecule has 0 bridgehead atoms. The second-order valence-electron chi connectivity index (χ2n) is 6.30. The molecule has 2 atom stereocenters. The number of rotatable bonds is 6. The molecule has 0 aromatic carbocycles. The first-order valence-electron chi connectivity index (χ1n) is 8.28. The summed E-state index contributed by atoms with van der Waals surface area (Å²) in [5, 5.41) is 4.35. The highest BCUT2D eigenvalue weighted by Gasteiger charge is 2.40. The monoisotopic (exact) mass is 371 g/mol. The van der Waals surface area contributed by atoms with Crippen molar-refractivity contribution < 1.29 is 9.47 Å². The lowest BCUT2D eigenvalue weighted by molar-refractivity contribution is 0.286. The van der Waals surface area contributed by atoms with Gasteiger partial charge in [-0.1, -0.05) is 0 Å². The number of aryl methyl sites for hydroxylation is 1. The van der Waals surface area contributed by atoms with Gasteiger partial charge in [0.1, 0.15) is 5.75 Å². The number of aromatic nitrogens is 5. The highest BCUT2D eigenvalue weighted by atomic mass is 35.5. The largest absolute Gasteiger partial charge is 0.495 e. The van der Waals surface area contributed by atoms with Gasteiger partial charge in [-0.25, -0.2) is 4.98 Å². The van der Waals surface area contributed by atoms with Gasteiger partial charge < -0.3 is 9.47 Å². The van der Waals surface area contributed by atoms with E-state index in [0.717, 1.165) is 29.0 Å². The molecule has 3 aromatic heterocycles. The molecule has 7 nitrogen and oxygen atoms in total. The Hall–Kier alpha value is -2.67. The molecule has 3 aromatic rings. The Labute approximate surface area is 156 Å². The van der Waals surface area contributed by atoms with Crippen molar-refractivity contribution in [3.05, 3.63) is 47.9 Å². The molecule has 134 valence electrons. The fourth-order valence-corrected chi connectivity index (χ4v) is 3.05. The average molecular weight is 372 g/mol. The van der Waals surface area contributed by atoms with Crippen LogP contribution in [-0.4, -0.2) is 38.4 Å². The fourth-order valence-electron chi connectivity index (χ4n) is 2.93. The van der Waals surface area contributed by atoms with E-state index >= 15 is 0 Å². The minimum atomic E-state index is 0.164. The molecule has 1 aliphatic rings. The Balaban J connectivity index is 1.44. The number of pyridine rings is 1. The van der Waals surface area contributed by atoms with Gasteiger partial charge in [0, 0.05) is 42.5 Å². The van der Waals surface area contributed by atoms with Crippen molar-refractivity contribution in [1.29, 1.82) is 0 Å². The van der Waals surface area contributed by atoms with E-state index in [4.69, 9.17) is 21.1 Å². The van der Waals surface area contributed by atoms with Crippen LogP contribution in [0.5, 0.6) is 11.6 Å². The molecule has 4 rings (SSSR count). The molecular weight excluding hydrogens is 354 g/mol. The van der Waals surface area contributed by atoms with Crippen molar-refractivity contribution in [2.45, 2.75) is 12.3 Å². The van der Waals surface area contributed by atoms with Crippen molar-refractivity contribution in [1.82, 2.24) is 24.7 Å². The standard InChI is InChI=1S/C18H18ClN5O2/c1-24-9-12(6-22-24)15-8-21-18(19)23-17(15)26-10-11-5-14(11)16-4-3-13(25-2)7-20-16/h3-4,6-9,11,14H,5,10H2,1-2H3. The Morgan fingerprint density at radius 3 is 2.81 bits per heavy atom. The van der Waals surface area contributed by atoms with E-state index in [1.165, 1.54) is 0 Å². The summed E-state index contributed by atoms with van der Waals surface area (Å²) >= 11 is 5.95. The van der Waals surface area contributed by atoms with Crippen LogP contribution in [0, 0.1) is 5.92 Å². The minimum Gasteiger partial charge on any atom is -0.495 e. The molecule has 0 radical (unpaired) electrons. The summed E-state index contributed by atoms with van der Waals surface area (Å²) in [6.45, 7) is 0.555. The first kappa shape index (κ1) is 16.8.